The van der Waals surface area contributed by atoms with E-state index in [4.69, 9.17) is 4.52 Å². The Kier molecular flexibility index (Phi) is 5.72. The molecular weight excluding hydrogens is 392 g/mol. The summed E-state index contributed by atoms with van der Waals surface area (Å²) in [5, 5.41) is 3.96. The molecule has 0 spiro atoms. The Morgan fingerprint density at radius 3 is 2.76 bits per heavy atom. The maximum Gasteiger partial charge on any atom is 0.235 e. The molecule has 2 saturated carbocycles. The fraction of sp³-hybridized carbons (Fsp3) is 0.850. The van der Waals surface area contributed by atoms with Crippen molar-refractivity contribution in [1.29, 1.82) is 0 Å². The van der Waals surface area contributed by atoms with Gasteiger partial charge in [-0.05, 0) is 44.9 Å². The van der Waals surface area contributed by atoms with Gasteiger partial charge in [-0.3, -0.25) is 4.79 Å². The number of hydrogen-bond donors (Lipinski definition) is 1. The van der Waals surface area contributed by atoms with Crippen molar-refractivity contribution in [3.05, 3.63) is 11.7 Å². The lowest BCUT2D eigenvalue weighted by Gasteiger charge is -2.25. The van der Waals surface area contributed by atoms with E-state index in [-0.39, 0.29) is 23.6 Å². The zero-order valence-electron chi connectivity index (χ0n) is 17.4. The molecule has 162 valence electrons. The first-order valence-corrected chi connectivity index (χ1v) is 12.5. The second kappa shape index (κ2) is 7.98. The van der Waals surface area contributed by atoms with E-state index < -0.39 is 15.4 Å². The van der Waals surface area contributed by atoms with Crippen molar-refractivity contribution < 1.29 is 17.7 Å². The smallest absolute Gasteiger partial charge is 0.235 e. The molecule has 1 amide bonds. The van der Waals surface area contributed by atoms with Crippen LogP contribution < -0.4 is 4.72 Å². The number of nitrogens with zero attached hydrogens (tertiary/aromatic N) is 3. The van der Waals surface area contributed by atoms with Crippen LogP contribution in [0.4, 0.5) is 0 Å². The van der Waals surface area contributed by atoms with Gasteiger partial charge in [0.2, 0.25) is 21.8 Å². The van der Waals surface area contributed by atoms with Crippen LogP contribution >= 0.6 is 0 Å². The molecule has 0 radical (unpaired) electrons. The number of likely N-dealkylation sites (tertiary alicyclic amines) is 1. The Bertz CT molecular complexity index is 848. The average Bonchev–Trinajstić information content (AvgIpc) is 3.42. The van der Waals surface area contributed by atoms with Crippen LogP contribution in [0.15, 0.2) is 4.52 Å². The van der Waals surface area contributed by atoms with E-state index >= 15 is 0 Å². The highest BCUT2D eigenvalue weighted by Crippen LogP contribution is 2.50. The van der Waals surface area contributed by atoms with E-state index in [2.05, 4.69) is 14.9 Å². The van der Waals surface area contributed by atoms with Crippen molar-refractivity contribution in [2.24, 2.45) is 11.8 Å². The van der Waals surface area contributed by atoms with E-state index in [1.165, 1.54) is 25.7 Å². The third kappa shape index (κ3) is 4.21. The minimum Gasteiger partial charge on any atom is -0.341 e. The SMILES string of the molecule is CCS(=O)(=O)NC1CC2CN(C(=O)CCC3CCCC3)CC2(c2nc(C)no2)C1. The molecule has 1 aliphatic heterocycles. The van der Waals surface area contributed by atoms with Gasteiger partial charge in [0.15, 0.2) is 5.82 Å². The number of fused-ring (bicyclic) bond motifs is 1. The summed E-state index contributed by atoms with van der Waals surface area (Å²) in [7, 11) is -3.28. The zero-order chi connectivity index (χ0) is 20.6. The molecule has 1 saturated heterocycles. The monoisotopic (exact) mass is 424 g/mol. The van der Waals surface area contributed by atoms with Gasteiger partial charge in [0.1, 0.15) is 0 Å². The molecule has 0 aromatic carbocycles. The van der Waals surface area contributed by atoms with Gasteiger partial charge in [-0.2, -0.15) is 4.98 Å². The molecule has 3 unspecified atom stereocenters. The molecule has 8 nitrogen and oxygen atoms in total. The summed E-state index contributed by atoms with van der Waals surface area (Å²) in [6, 6.07) is -0.159. The molecule has 0 bridgehead atoms. The van der Waals surface area contributed by atoms with Gasteiger partial charge in [0.05, 0.1) is 11.2 Å². The maximum atomic E-state index is 12.9. The minimum atomic E-state index is -3.28. The Balaban J connectivity index is 1.48. The fourth-order valence-electron chi connectivity index (χ4n) is 5.60. The van der Waals surface area contributed by atoms with E-state index in [0.717, 1.165) is 6.42 Å². The second-order valence-corrected chi connectivity index (χ2v) is 11.2. The maximum absolute atomic E-state index is 12.9. The predicted octanol–water partition coefficient (Wildman–Crippen LogP) is 2.15. The number of nitrogens with one attached hydrogen (secondary N) is 1. The molecule has 9 heteroatoms. The highest BCUT2D eigenvalue weighted by molar-refractivity contribution is 7.89. The molecule has 1 aromatic rings. The normalized spacial score (nSPS) is 30.2. The van der Waals surface area contributed by atoms with Crippen LogP contribution in [0.25, 0.3) is 0 Å². The van der Waals surface area contributed by atoms with Gasteiger partial charge < -0.3 is 9.42 Å². The molecule has 3 fully saturated rings. The second-order valence-electron chi connectivity index (χ2n) is 9.12. The van der Waals surface area contributed by atoms with E-state index in [9.17, 15) is 13.2 Å². The van der Waals surface area contributed by atoms with Crippen molar-refractivity contribution in [3.63, 3.8) is 0 Å². The Morgan fingerprint density at radius 2 is 2.10 bits per heavy atom. The van der Waals surface area contributed by atoms with Gasteiger partial charge in [0.25, 0.3) is 0 Å². The van der Waals surface area contributed by atoms with E-state index in [0.29, 0.717) is 50.0 Å². The third-order valence-electron chi connectivity index (χ3n) is 7.15. The van der Waals surface area contributed by atoms with Crippen molar-refractivity contribution in [1.82, 2.24) is 19.8 Å². The summed E-state index contributed by atoms with van der Waals surface area (Å²) in [5.74, 6) is 2.20. The summed E-state index contributed by atoms with van der Waals surface area (Å²) < 4.78 is 32.5. The summed E-state index contributed by atoms with van der Waals surface area (Å²) in [6.07, 6.45) is 7.94. The molecule has 3 atom stereocenters. The molecule has 4 rings (SSSR count). The molecular formula is C20H32N4O4S. The lowest BCUT2D eigenvalue weighted by molar-refractivity contribution is -0.130. The van der Waals surface area contributed by atoms with E-state index in [1.54, 1.807) is 13.8 Å². The Hall–Kier alpha value is -1.48. The quantitative estimate of drug-likeness (QED) is 0.719. The van der Waals surface area contributed by atoms with Crippen LogP contribution in [-0.2, 0) is 20.2 Å². The minimum absolute atomic E-state index is 0.0621. The average molecular weight is 425 g/mol. The molecule has 2 heterocycles. The fourth-order valence-corrected chi connectivity index (χ4v) is 6.46. The van der Waals surface area contributed by atoms with Crippen molar-refractivity contribution in [2.45, 2.75) is 76.7 Å². The van der Waals surface area contributed by atoms with Gasteiger partial charge in [-0.1, -0.05) is 30.8 Å². The number of sulfonamides is 1. The number of carbonyl (C=O) groups is 1. The van der Waals surface area contributed by atoms with E-state index in [1.807, 2.05) is 4.90 Å². The Morgan fingerprint density at radius 1 is 1.34 bits per heavy atom. The largest absolute Gasteiger partial charge is 0.341 e. The number of rotatable bonds is 7. The highest BCUT2D eigenvalue weighted by atomic mass is 32.2. The number of carbonyl (C=O) groups excluding carboxylic acids is 1. The molecule has 2 aliphatic carbocycles. The molecule has 1 N–H and O–H groups in total. The van der Waals surface area contributed by atoms with Crippen LogP contribution in [0.1, 0.15) is 70.0 Å². The van der Waals surface area contributed by atoms with Crippen molar-refractivity contribution >= 4 is 15.9 Å². The van der Waals surface area contributed by atoms with Crippen LogP contribution in [0, 0.1) is 18.8 Å². The number of aromatic nitrogens is 2. The summed E-state index contributed by atoms with van der Waals surface area (Å²) in [4.78, 5) is 19.4. The Labute approximate surface area is 172 Å². The standard InChI is InChI=1S/C20H32N4O4S/c1-3-29(26,27)23-17-10-16-12-24(18(25)9-8-15-6-4-5-7-15)13-20(16,11-17)19-21-14(2)22-28-19/h15-17,23H,3-13H2,1-2H3. The number of aryl methyl sites for hydroxylation is 1. The number of amides is 1. The van der Waals surface area contributed by atoms with Crippen molar-refractivity contribution in [2.75, 3.05) is 18.8 Å². The van der Waals surface area contributed by atoms with Crippen molar-refractivity contribution in [3.8, 4) is 0 Å². The molecule has 29 heavy (non-hydrogen) atoms. The third-order valence-corrected chi connectivity index (χ3v) is 8.60. The lowest BCUT2D eigenvalue weighted by atomic mass is 9.80. The van der Waals surface area contributed by atoms with Gasteiger partial charge in [-0.15, -0.1) is 0 Å². The lowest BCUT2D eigenvalue weighted by Crippen LogP contribution is -2.40. The highest BCUT2D eigenvalue weighted by Gasteiger charge is 2.58. The van der Waals surface area contributed by atoms with Crippen LogP contribution in [-0.4, -0.2) is 54.2 Å². The summed E-state index contributed by atoms with van der Waals surface area (Å²) in [5.41, 5.74) is -0.453. The summed E-state index contributed by atoms with van der Waals surface area (Å²) >= 11 is 0. The van der Waals surface area contributed by atoms with Crippen LogP contribution in [0.3, 0.4) is 0 Å². The zero-order valence-corrected chi connectivity index (χ0v) is 18.2. The molecule has 3 aliphatic rings. The number of hydrogen-bond acceptors (Lipinski definition) is 6. The first kappa shape index (κ1) is 20.8. The van der Waals surface area contributed by atoms with Crippen LogP contribution in [0.5, 0.6) is 0 Å². The van der Waals surface area contributed by atoms with Gasteiger partial charge >= 0.3 is 0 Å². The van der Waals surface area contributed by atoms with Gasteiger partial charge in [0, 0.05) is 25.6 Å². The predicted molar refractivity (Wildman–Crippen MR) is 108 cm³/mol. The first-order valence-electron chi connectivity index (χ1n) is 10.9. The molecule has 1 aromatic heterocycles. The topological polar surface area (TPSA) is 105 Å². The van der Waals surface area contributed by atoms with Gasteiger partial charge in [-0.25, -0.2) is 13.1 Å². The summed E-state index contributed by atoms with van der Waals surface area (Å²) in [6.45, 7) is 4.59. The first-order chi connectivity index (χ1) is 13.8. The van der Waals surface area contributed by atoms with Crippen LogP contribution in [0.2, 0.25) is 0 Å².